The Balaban J connectivity index is 1.85. The van der Waals surface area contributed by atoms with Crippen molar-refractivity contribution in [3.63, 3.8) is 0 Å². The fraction of sp³-hybridized carbons (Fsp3) is 0.471. The Morgan fingerprint density at radius 1 is 1.29 bits per heavy atom. The molecular formula is C17H20O4. The van der Waals surface area contributed by atoms with Crippen LogP contribution < -0.4 is 10.4 Å². The molecule has 1 fully saturated rings. The zero-order valence-corrected chi connectivity index (χ0v) is 12.2. The molecule has 0 amide bonds. The zero-order chi connectivity index (χ0) is 14.8. The predicted octanol–water partition coefficient (Wildman–Crippen LogP) is 3.77. The van der Waals surface area contributed by atoms with Gasteiger partial charge in [-0.15, -0.1) is 0 Å². The van der Waals surface area contributed by atoms with Crippen LogP contribution in [0, 0.1) is 12.8 Å². The first-order chi connectivity index (χ1) is 10.1. The third kappa shape index (κ3) is 2.89. The Morgan fingerprint density at radius 3 is 2.81 bits per heavy atom. The van der Waals surface area contributed by atoms with Crippen molar-refractivity contribution < 1.29 is 14.3 Å². The summed E-state index contributed by atoms with van der Waals surface area (Å²) in [5.74, 6) is 1.29. The lowest BCUT2D eigenvalue weighted by atomic mass is 9.90. The lowest BCUT2D eigenvalue weighted by Gasteiger charge is -2.22. The largest absolute Gasteiger partial charge is 0.507 e. The number of benzene rings is 1. The molecule has 0 bridgehead atoms. The molecule has 1 aromatic heterocycles. The van der Waals surface area contributed by atoms with Gasteiger partial charge in [-0.05, 0) is 37.8 Å². The van der Waals surface area contributed by atoms with Crippen molar-refractivity contribution >= 4 is 11.0 Å². The highest BCUT2D eigenvalue weighted by atomic mass is 16.5. The molecule has 1 N–H and O–H groups in total. The second-order valence-electron chi connectivity index (χ2n) is 5.83. The number of rotatable bonds is 3. The summed E-state index contributed by atoms with van der Waals surface area (Å²) in [6.07, 6.45) is 6.35. The molecule has 112 valence electrons. The Labute approximate surface area is 123 Å². The standard InChI is InChI=1S/C17H20O4/c1-11-15(20-10-12-5-3-2-4-6-12)8-7-13-14(18)9-16(19)21-17(11)13/h7-9,12,18H,2-6,10H2,1H3. The van der Waals surface area contributed by atoms with Crippen LogP contribution in [0.5, 0.6) is 11.5 Å². The molecule has 0 saturated heterocycles. The van der Waals surface area contributed by atoms with Crippen LogP contribution in [0.4, 0.5) is 0 Å². The van der Waals surface area contributed by atoms with Gasteiger partial charge in [-0.3, -0.25) is 0 Å². The van der Waals surface area contributed by atoms with E-state index < -0.39 is 5.63 Å². The summed E-state index contributed by atoms with van der Waals surface area (Å²) in [5, 5.41) is 10.3. The number of hydrogen-bond acceptors (Lipinski definition) is 4. The van der Waals surface area contributed by atoms with Gasteiger partial charge in [-0.2, -0.15) is 0 Å². The highest BCUT2D eigenvalue weighted by Gasteiger charge is 2.16. The van der Waals surface area contributed by atoms with Crippen LogP contribution in [0.25, 0.3) is 11.0 Å². The molecule has 2 aromatic rings. The third-order valence-corrected chi connectivity index (χ3v) is 4.29. The van der Waals surface area contributed by atoms with E-state index in [0.717, 1.165) is 17.4 Å². The molecule has 1 aromatic carbocycles. The lowest BCUT2D eigenvalue weighted by molar-refractivity contribution is 0.208. The fourth-order valence-electron chi connectivity index (χ4n) is 3.04. The molecule has 4 nitrogen and oxygen atoms in total. The number of fused-ring (bicyclic) bond motifs is 1. The van der Waals surface area contributed by atoms with E-state index in [2.05, 4.69) is 0 Å². The summed E-state index contributed by atoms with van der Waals surface area (Å²) >= 11 is 0. The van der Waals surface area contributed by atoms with Crippen molar-refractivity contribution in [2.45, 2.75) is 39.0 Å². The van der Waals surface area contributed by atoms with Crippen LogP contribution in [0.15, 0.2) is 27.4 Å². The normalized spacial score (nSPS) is 16.2. The molecule has 3 rings (SSSR count). The highest BCUT2D eigenvalue weighted by molar-refractivity contribution is 5.86. The molecule has 21 heavy (non-hydrogen) atoms. The van der Waals surface area contributed by atoms with Crippen molar-refractivity contribution in [2.75, 3.05) is 6.61 Å². The Morgan fingerprint density at radius 2 is 2.05 bits per heavy atom. The summed E-state index contributed by atoms with van der Waals surface area (Å²) in [6.45, 7) is 2.55. The predicted molar refractivity (Wildman–Crippen MR) is 81.0 cm³/mol. The molecule has 1 saturated carbocycles. The quantitative estimate of drug-likeness (QED) is 0.873. The summed E-state index contributed by atoms with van der Waals surface area (Å²) < 4.78 is 11.1. The van der Waals surface area contributed by atoms with Crippen molar-refractivity contribution in [1.29, 1.82) is 0 Å². The summed E-state index contributed by atoms with van der Waals surface area (Å²) in [7, 11) is 0. The first kappa shape index (κ1) is 14.0. The molecule has 0 unspecified atom stereocenters. The van der Waals surface area contributed by atoms with E-state index in [4.69, 9.17) is 9.15 Å². The zero-order valence-electron chi connectivity index (χ0n) is 12.2. The highest BCUT2D eigenvalue weighted by Crippen LogP contribution is 2.32. The van der Waals surface area contributed by atoms with E-state index >= 15 is 0 Å². The van der Waals surface area contributed by atoms with Gasteiger partial charge in [0.2, 0.25) is 0 Å². The fourth-order valence-corrected chi connectivity index (χ4v) is 3.04. The molecule has 4 heteroatoms. The van der Waals surface area contributed by atoms with Gasteiger partial charge in [0.25, 0.3) is 0 Å². The minimum atomic E-state index is -0.549. The molecule has 0 spiro atoms. The molecule has 1 aliphatic rings. The van der Waals surface area contributed by atoms with Crippen LogP contribution in [0.2, 0.25) is 0 Å². The number of hydrogen-bond donors (Lipinski definition) is 1. The van der Waals surface area contributed by atoms with Crippen LogP contribution in [-0.4, -0.2) is 11.7 Å². The van der Waals surface area contributed by atoms with Crippen LogP contribution >= 0.6 is 0 Å². The minimum absolute atomic E-state index is 0.0526. The summed E-state index contributed by atoms with van der Waals surface area (Å²) in [5.41, 5.74) is 0.616. The number of aromatic hydroxyl groups is 1. The van der Waals surface area contributed by atoms with Crippen molar-refractivity contribution in [3.05, 3.63) is 34.2 Å². The van der Waals surface area contributed by atoms with E-state index in [-0.39, 0.29) is 5.75 Å². The molecule has 1 aliphatic carbocycles. The first-order valence-electron chi connectivity index (χ1n) is 7.54. The van der Waals surface area contributed by atoms with Crippen molar-refractivity contribution in [2.24, 2.45) is 5.92 Å². The Kier molecular flexibility index (Phi) is 3.86. The van der Waals surface area contributed by atoms with E-state index in [1.54, 1.807) is 6.07 Å². The molecule has 0 atom stereocenters. The van der Waals surface area contributed by atoms with Gasteiger partial charge in [0.15, 0.2) is 0 Å². The minimum Gasteiger partial charge on any atom is -0.507 e. The van der Waals surface area contributed by atoms with E-state index in [9.17, 15) is 9.90 Å². The van der Waals surface area contributed by atoms with Gasteiger partial charge in [0, 0.05) is 5.56 Å². The second kappa shape index (κ2) is 5.80. The summed E-state index contributed by atoms with van der Waals surface area (Å²) in [4.78, 5) is 11.4. The van der Waals surface area contributed by atoms with Crippen LogP contribution in [-0.2, 0) is 0 Å². The number of aryl methyl sites for hydroxylation is 1. The van der Waals surface area contributed by atoms with Crippen molar-refractivity contribution in [3.8, 4) is 11.5 Å². The Bertz CT molecular complexity index is 696. The molecule has 0 radical (unpaired) electrons. The lowest BCUT2D eigenvalue weighted by Crippen LogP contribution is -2.15. The van der Waals surface area contributed by atoms with Crippen LogP contribution in [0.3, 0.4) is 0 Å². The van der Waals surface area contributed by atoms with Gasteiger partial charge in [0.05, 0.1) is 18.1 Å². The van der Waals surface area contributed by atoms with E-state index in [1.165, 1.54) is 32.1 Å². The van der Waals surface area contributed by atoms with Gasteiger partial charge in [-0.1, -0.05) is 19.3 Å². The smallest absolute Gasteiger partial charge is 0.339 e. The van der Waals surface area contributed by atoms with Gasteiger partial charge < -0.3 is 14.3 Å². The van der Waals surface area contributed by atoms with E-state index in [0.29, 0.717) is 23.5 Å². The Hall–Kier alpha value is -1.97. The van der Waals surface area contributed by atoms with Gasteiger partial charge >= 0.3 is 5.63 Å². The molecular weight excluding hydrogens is 268 g/mol. The average molecular weight is 288 g/mol. The second-order valence-corrected chi connectivity index (χ2v) is 5.83. The van der Waals surface area contributed by atoms with Crippen LogP contribution in [0.1, 0.15) is 37.7 Å². The first-order valence-corrected chi connectivity index (χ1v) is 7.54. The maximum absolute atomic E-state index is 11.4. The molecule has 0 aliphatic heterocycles. The van der Waals surface area contributed by atoms with Gasteiger partial charge in [-0.25, -0.2) is 4.79 Å². The van der Waals surface area contributed by atoms with E-state index in [1.807, 2.05) is 13.0 Å². The third-order valence-electron chi connectivity index (χ3n) is 4.29. The maximum Gasteiger partial charge on any atom is 0.339 e. The SMILES string of the molecule is Cc1c(OCC2CCCCC2)ccc2c(O)cc(=O)oc12. The van der Waals surface area contributed by atoms with Crippen molar-refractivity contribution in [1.82, 2.24) is 0 Å². The number of ether oxygens (including phenoxy) is 1. The summed E-state index contributed by atoms with van der Waals surface area (Å²) in [6, 6.07) is 4.65. The molecule has 1 heterocycles. The topological polar surface area (TPSA) is 59.7 Å². The monoisotopic (exact) mass is 288 g/mol. The maximum atomic E-state index is 11.4. The average Bonchev–Trinajstić information content (AvgIpc) is 2.48. The van der Waals surface area contributed by atoms with Gasteiger partial charge in [0.1, 0.15) is 17.1 Å².